The van der Waals surface area contributed by atoms with Crippen LogP contribution < -0.4 is 0 Å². The molecule has 0 atom stereocenters. The van der Waals surface area contributed by atoms with E-state index in [2.05, 4.69) is 25.1 Å². The van der Waals surface area contributed by atoms with Gasteiger partial charge in [-0.15, -0.1) is 0 Å². The molecule has 0 aromatic heterocycles. The molecule has 0 radical (unpaired) electrons. The lowest BCUT2D eigenvalue weighted by molar-refractivity contribution is 0.186. The lowest BCUT2D eigenvalue weighted by Gasteiger charge is -2.36. The Bertz CT molecular complexity index is 716. The molecule has 0 saturated heterocycles. The molecule has 0 N–H and O–H groups in total. The Labute approximate surface area is 157 Å². The van der Waals surface area contributed by atoms with Crippen molar-refractivity contribution in [3.63, 3.8) is 0 Å². The molecule has 0 nitrogen and oxygen atoms in total. The minimum Gasteiger partial charge on any atom is -0.206 e. The third-order valence-electron chi connectivity index (χ3n) is 6.92. The first-order valence-electron chi connectivity index (χ1n) is 10.6. The molecule has 2 fully saturated rings. The van der Waals surface area contributed by atoms with Gasteiger partial charge in [0, 0.05) is 5.56 Å². The Morgan fingerprint density at radius 1 is 0.731 bits per heavy atom. The van der Waals surface area contributed by atoms with Gasteiger partial charge >= 0.3 is 0 Å². The van der Waals surface area contributed by atoms with Crippen molar-refractivity contribution in [2.45, 2.75) is 70.6 Å². The van der Waals surface area contributed by atoms with E-state index in [-0.39, 0.29) is 5.82 Å². The molecule has 2 aliphatic rings. The van der Waals surface area contributed by atoms with Crippen molar-refractivity contribution in [2.75, 3.05) is 0 Å². The summed E-state index contributed by atoms with van der Waals surface area (Å²) in [6, 6.07) is 14.1. The molecular formula is C25H31F. The zero-order valence-electron chi connectivity index (χ0n) is 16.0. The highest BCUT2D eigenvalue weighted by molar-refractivity contribution is 5.64. The largest absolute Gasteiger partial charge is 0.206 e. The molecule has 1 heteroatoms. The first-order chi connectivity index (χ1) is 12.7. The van der Waals surface area contributed by atoms with E-state index in [1.165, 1.54) is 68.9 Å². The summed E-state index contributed by atoms with van der Waals surface area (Å²) in [7, 11) is 0. The molecule has 2 aliphatic carbocycles. The fourth-order valence-corrected chi connectivity index (χ4v) is 5.28. The number of benzene rings is 2. The molecule has 0 amide bonds. The molecule has 4 rings (SSSR count). The highest BCUT2D eigenvalue weighted by Gasteiger charge is 2.29. The SMILES string of the molecule is Cc1ccc(-c2ccc(C3CCC(C4CCCCC4)CC3)cc2F)cc1. The zero-order chi connectivity index (χ0) is 17.9. The van der Waals surface area contributed by atoms with Crippen molar-refractivity contribution in [3.05, 3.63) is 59.4 Å². The van der Waals surface area contributed by atoms with Crippen molar-refractivity contribution in [1.29, 1.82) is 0 Å². The van der Waals surface area contributed by atoms with Crippen LogP contribution in [0, 0.1) is 24.6 Å². The maximum Gasteiger partial charge on any atom is 0.131 e. The summed E-state index contributed by atoms with van der Waals surface area (Å²) < 4.78 is 14.8. The van der Waals surface area contributed by atoms with E-state index in [0.29, 0.717) is 5.92 Å². The summed E-state index contributed by atoms with van der Waals surface area (Å²) in [6.45, 7) is 2.06. The van der Waals surface area contributed by atoms with Crippen LogP contribution in [0.15, 0.2) is 42.5 Å². The van der Waals surface area contributed by atoms with Crippen molar-refractivity contribution in [1.82, 2.24) is 0 Å². The standard InChI is InChI=1S/C25H31F/c1-18-7-9-22(10-8-18)24-16-15-23(17-25(24)26)21-13-11-20(12-14-21)19-5-3-2-4-6-19/h7-10,15-17,19-21H,2-6,11-14H2,1H3. The van der Waals surface area contributed by atoms with Crippen molar-refractivity contribution in [3.8, 4) is 11.1 Å². The second-order valence-corrected chi connectivity index (χ2v) is 8.62. The Morgan fingerprint density at radius 2 is 1.38 bits per heavy atom. The summed E-state index contributed by atoms with van der Waals surface area (Å²) in [5.41, 5.74) is 4.12. The van der Waals surface area contributed by atoms with E-state index in [4.69, 9.17) is 0 Å². The Balaban J connectivity index is 1.42. The smallest absolute Gasteiger partial charge is 0.131 e. The minimum absolute atomic E-state index is 0.0687. The third kappa shape index (κ3) is 3.87. The van der Waals surface area contributed by atoms with Gasteiger partial charge in [-0.2, -0.15) is 0 Å². The fourth-order valence-electron chi connectivity index (χ4n) is 5.28. The van der Waals surface area contributed by atoms with Crippen LogP contribution in [0.25, 0.3) is 11.1 Å². The quantitative estimate of drug-likeness (QED) is 0.533. The van der Waals surface area contributed by atoms with E-state index in [1.54, 1.807) is 6.07 Å². The van der Waals surface area contributed by atoms with Crippen molar-refractivity contribution >= 4 is 0 Å². The van der Waals surface area contributed by atoms with E-state index in [1.807, 2.05) is 18.2 Å². The maximum absolute atomic E-state index is 14.8. The number of hydrogen-bond acceptors (Lipinski definition) is 0. The lowest BCUT2D eigenvalue weighted by Crippen LogP contribution is -2.23. The van der Waals surface area contributed by atoms with E-state index < -0.39 is 0 Å². The number of rotatable bonds is 3. The van der Waals surface area contributed by atoms with E-state index in [0.717, 1.165) is 23.0 Å². The van der Waals surface area contributed by atoms with Gasteiger partial charge in [-0.25, -0.2) is 4.39 Å². The molecule has 2 saturated carbocycles. The average molecular weight is 351 g/mol. The monoisotopic (exact) mass is 350 g/mol. The average Bonchev–Trinajstić information content (AvgIpc) is 2.70. The molecule has 0 spiro atoms. The normalized spacial score (nSPS) is 24.5. The van der Waals surface area contributed by atoms with Crippen molar-refractivity contribution < 1.29 is 4.39 Å². The Kier molecular flexibility index (Phi) is 5.43. The first kappa shape index (κ1) is 17.8. The van der Waals surface area contributed by atoms with Gasteiger partial charge in [0.15, 0.2) is 0 Å². The zero-order valence-corrected chi connectivity index (χ0v) is 16.0. The van der Waals surface area contributed by atoms with Gasteiger partial charge in [0.1, 0.15) is 5.82 Å². The molecular weight excluding hydrogens is 319 g/mol. The second kappa shape index (κ2) is 7.94. The van der Waals surface area contributed by atoms with Crippen LogP contribution in [0.1, 0.15) is 74.8 Å². The van der Waals surface area contributed by atoms with Crippen LogP contribution >= 0.6 is 0 Å². The van der Waals surface area contributed by atoms with Gasteiger partial charge in [0.2, 0.25) is 0 Å². The fraction of sp³-hybridized carbons (Fsp3) is 0.520. The van der Waals surface area contributed by atoms with Crippen LogP contribution in [0.5, 0.6) is 0 Å². The predicted molar refractivity (Wildman–Crippen MR) is 108 cm³/mol. The van der Waals surface area contributed by atoms with E-state index in [9.17, 15) is 4.39 Å². The van der Waals surface area contributed by atoms with E-state index >= 15 is 0 Å². The van der Waals surface area contributed by atoms with Gasteiger partial charge in [0.05, 0.1) is 0 Å². The second-order valence-electron chi connectivity index (χ2n) is 8.62. The van der Waals surface area contributed by atoms with Crippen LogP contribution in [-0.4, -0.2) is 0 Å². The highest BCUT2D eigenvalue weighted by Crippen LogP contribution is 2.43. The topological polar surface area (TPSA) is 0 Å². The molecule has 0 heterocycles. The maximum atomic E-state index is 14.8. The Hall–Kier alpha value is -1.63. The molecule has 26 heavy (non-hydrogen) atoms. The van der Waals surface area contributed by atoms with Gasteiger partial charge < -0.3 is 0 Å². The number of hydrogen-bond donors (Lipinski definition) is 0. The number of halogens is 1. The molecule has 2 aromatic carbocycles. The van der Waals surface area contributed by atoms with Gasteiger partial charge in [-0.3, -0.25) is 0 Å². The predicted octanol–water partition coefficient (Wildman–Crippen LogP) is 7.66. The summed E-state index contributed by atoms with van der Waals surface area (Å²) in [5.74, 6) is 2.39. The number of aryl methyl sites for hydroxylation is 1. The molecule has 0 unspecified atom stereocenters. The molecule has 138 valence electrons. The first-order valence-corrected chi connectivity index (χ1v) is 10.6. The van der Waals surface area contributed by atoms with Gasteiger partial charge in [-0.05, 0) is 67.6 Å². The summed E-state index contributed by atoms with van der Waals surface area (Å²) in [6.07, 6.45) is 12.4. The van der Waals surface area contributed by atoms with Gasteiger partial charge in [0.25, 0.3) is 0 Å². The molecule has 0 bridgehead atoms. The summed E-state index contributed by atoms with van der Waals surface area (Å²) >= 11 is 0. The van der Waals surface area contributed by atoms with Crippen LogP contribution in [0.3, 0.4) is 0 Å². The van der Waals surface area contributed by atoms with Crippen molar-refractivity contribution in [2.24, 2.45) is 11.8 Å². The van der Waals surface area contributed by atoms with Crippen LogP contribution in [-0.2, 0) is 0 Å². The molecule has 0 aliphatic heterocycles. The third-order valence-corrected chi connectivity index (χ3v) is 6.92. The molecule has 2 aromatic rings. The Morgan fingerprint density at radius 3 is 2.04 bits per heavy atom. The summed E-state index contributed by atoms with van der Waals surface area (Å²) in [5, 5.41) is 0. The highest BCUT2D eigenvalue weighted by atomic mass is 19.1. The van der Waals surface area contributed by atoms with Gasteiger partial charge in [-0.1, -0.05) is 74.1 Å². The summed E-state index contributed by atoms with van der Waals surface area (Å²) in [4.78, 5) is 0. The minimum atomic E-state index is -0.0687. The van der Waals surface area contributed by atoms with Crippen LogP contribution in [0.4, 0.5) is 4.39 Å². The lowest BCUT2D eigenvalue weighted by atomic mass is 9.70. The van der Waals surface area contributed by atoms with Crippen LogP contribution in [0.2, 0.25) is 0 Å².